The van der Waals surface area contributed by atoms with E-state index in [0.29, 0.717) is 11.3 Å². The molecule has 7 nitrogen and oxygen atoms in total. The topological polar surface area (TPSA) is 98.4 Å². The SMILES string of the molecule is CC(C)OC(=O)[C@@H]1[C@@H](c2ccc(N(C)C)cc2)c2c([nH][nH]c2=O)C[C@]1(C)O. The van der Waals surface area contributed by atoms with E-state index in [1.165, 1.54) is 0 Å². The summed E-state index contributed by atoms with van der Waals surface area (Å²) in [6, 6.07) is 7.66. The zero-order chi connectivity index (χ0) is 19.9. The number of ether oxygens (including phenoxy) is 1. The molecule has 3 N–H and O–H groups in total. The van der Waals surface area contributed by atoms with E-state index in [-0.39, 0.29) is 18.1 Å². The average Bonchev–Trinajstić information content (AvgIpc) is 2.92. The van der Waals surface area contributed by atoms with Crippen LogP contribution in [0.1, 0.15) is 43.5 Å². The number of fused-ring (bicyclic) bond motifs is 1. The van der Waals surface area contributed by atoms with E-state index in [1.54, 1.807) is 20.8 Å². The van der Waals surface area contributed by atoms with Crippen LogP contribution in [-0.4, -0.2) is 47.1 Å². The van der Waals surface area contributed by atoms with Crippen molar-refractivity contribution >= 4 is 11.7 Å². The van der Waals surface area contributed by atoms with Crippen molar-refractivity contribution in [2.24, 2.45) is 5.92 Å². The van der Waals surface area contributed by atoms with Gasteiger partial charge in [0.15, 0.2) is 0 Å². The smallest absolute Gasteiger partial charge is 0.313 e. The first-order valence-electron chi connectivity index (χ1n) is 9.11. The summed E-state index contributed by atoms with van der Waals surface area (Å²) in [5, 5.41) is 16.6. The Balaban J connectivity index is 2.15. The van der Waals surface area contributed by atoms with Gasteiger partial charge in [-0.3, -0.25) is 14.7 Å². The number of hydrogen-bond donors (Lipinski definition) is 3. The zero-order valence-corrected chi connectivity index (χ0v) is 16.4. The van der Waals surface area contributed by atoms with Gasteiger partial charge in [-0.05, 0) is 38.5 Å². The molecule has 1 aromatic heterocycles. The van der Waals surface area contributed by atoms with Gasteiger partial charge < -0.3 is 19.8 Å². The maximum Gasteiger partial charge on any atom is 0.313 e. The summed E-state index contributed by atoms with van der Waals surface area (Å²) < 4.78 is 5.44. The number of nitrogens with one attached hydrogen (secondary N) is 2. The Morgan fingerprint density at radius 3 is 2.44 bits per heavy atom. The average molecular weight is 373 g/mol. The van der Waals surface area contributed by atoms with Crippen LogP contribution in [0.15, 0.2) is 29.1 Å². The second kappa shape index (κ2) is 6.88. The van der Waals surface area contributed by atoms with E-state index >= 15 is 0 Å². The summed E-state index contributed by atoms with van der Waals surface area (Å²) in [4.78, 5) is 27.4. The van der Waals surface area contributed by atoms with Crippen LogP contribution in [0.3, 0.4) is 0 Å². The molecule has 3 rings (SSSR count). The molecule has 0 saturated carbocycles. The minimum Gasteiger partial charge on any atom is -0.463 e. The van der Waals surface area contributed by atoms with Crippen molar-refractivity contribution in [2.45, 2.75) is 44.8 Å². The third kappa shape index (κ3) is 3.51. The van der Waals surface area contributed by atoms with E-state index in [4.69, 9.17) is 4.74 Å². The summed E-state index contributed by atoms with van der Waals surface area (Å²) in [6.07, 6.45) is -0.137. The van der Waals surface area contributed by atoms with Gasteiger partial charge in [0, 0.05) is 43.4 Å². The number of aromatic amines is 2. The van der Waals surface area contributed by atoms with Gasteiger partial charge in [-0.25, -0.2) is 0 Å². The number of rotatable bonds is 4. The van der Waals surface area contributed by atoms with E-state index in [9.17, 15) is 14.7 Å². The zero-order valence-electron chi connectivity index (χ0n) is 16.4. The second-order valence-electron chi connectivity index (χ2n) is 7.93. The van der Waals surface area contributed by atoms with Crippen molar-refractivity contribution in [1.82, 2.24) is 10.2 Å². The predicted molar refractivity (Wildman–Crippen MR) is 103 cm³/mol. The fraction of sp³-hybridized carbons (Fsp3) is 0.500. The van der Waals surface area contributed by atoms with Gasteiger partial charge >= 0.3 is 5.97 Å². The summed E-state index contributed by atoms with van der Waals surface area (Å²) in [7, 11) is 3.89. The first-order chi connectivity index (χ1) is 12.6. The number of anilines is 1. The number of hydrogen-bond acceptors (Lipinski definition) is 5. The Labute approximate surface area is 158 Å². The highest BCUT2D eigenvalue weighted by atomic mass is 16.5. The van der Waals surface area contributed by atoms with Gasteiger partial charge in [-0.1, -0.05) is 12.1 Å². The molecular formula is C20H27N3O4. The molecular weight excluding hydrogens is 346 g/mol. The van der Waals surface area contributed by atoms with E-state index in [1.807, 2.05) is 43.3 Å². The van der Waals surface area contributed by atoms with Crippen LogP contribution < -0.4 is 10.5 Å². The Hall–Kier alpha value is -2.54. The monoisotopic (exact) mass is 373 g/mol. The minimum atomic E-state index is -1.35. The van der Waals surface area contributed by atoms with Crippen LogP contribution in [0.2, 0.25) is 0 Å². The fourth-order valence-corrected chi connectivity index (χ4v) is 3.90. The second-order valence-corrected chi connectivity index (χ2v) is 7.93. The maximum absolute atomic E-state index is 12.9. The molecule has 0 radical (unpaired) electrons. The Bertz CT molecular complexity index is 877. The molecule has 2 aromatic rings. The summed E-state index contributed by atoms with van der Waals surface area (Å²) in [5.41, 5.74) is 1.28. The first kappa shape index (κ1) is 19.2. The Kier molecular flexibility index (Phi) is 4.90. The van der Waals surface area contributed by atoms with Crippen molar-refractivity contribution in [3.63, 3.8) is 0 Å². The molecule has 0 amide bonds. The predicted octanol–water partition coefficient (Wildman–Crippen LogP) is 1.78. The number of aliphatic hydroxyl groups is 1. The lowest BCUT2D eigenvalue weighted by molar-refractivity contribution is -0.163. The van der Waals surface area contributed by atoms with Crippen LogP contribution in [0.25, 0.3) is 0 Å². The standard InChI is InChI=1S/C20H27N3O4/c1-11(2)27-19(25)17-15(12-6-8-13(9-7-12)23(4)5)16-14(10-20(17,3)26)21-22-18(16)24/h6-9,11,15,17,26H,10H2,1-5H3,(H2,21,22,24)/t15-,17-,20-/m0/s1. The molecule has 0 spiro atoms. The van der Waals surface area contributed by atoms with Gasteiger partial charge in [0.25, 0.3) is 5.56 Å². The fourth-order valence-electron chi connectivity index (χ4n) is 3.90. The number of aromatic nitrogens is 2. The Morgan fingerprint density at radius 1 is 1.26 bits per heavy atom. The van der Waals surface area contributed by atoms with Gasteiger partial charge in [0.1, 0.15) is 0 Å². The van der Waals surface area contributed by atoms with E-state index in [0.717, 1.165) is 11.3 Å². The molecule has 1 aliphatic rings. The molecule has 3 atom stereocenters. The van der Waals surface area contributed by atoms with Crippen LogP contribution in [-0.2, 0) is 16.0 Å². The molecule has 0 saturated heterocycles. The number of benzene rings is 1. The third-order valence-electron chi connectivity index (χ3n) is 5.12. The molecule has 0 bridgehead atoms. The highest BCUT2D eigenvalue weighted by Crippen LogP contribution is 2.44. The van der Waals surface area contributed by atoms with Crippen molar-refractivity contribution in [1.29, 1.82) is 0 Å². The first-order valence-corrected chi connectivity index (χ1v) is 9.11. The molecule has 1 aromatic carbocycles. The summed E-state index contributed by atoms with van der Waals surface area (Å²) >= 11 is 0. The number of carbonyl (C=O) groups excluding carboxylic acids is 1. The third-order valence-corrected chi connectivity index (χ3v) is 5.12. The van der Waals surface area contributed by atoms with Gasteiger partial charge in [-0.15, -0.1) is 0 Å². The van der Waals surface area contributed by atoms with Crippen LogP contribution in [0.5, 0.6) is 0 Å². The molecule has 7 heteroatoms. The lowest BCUT2D eigenvalue weighted by atomic mass is 9.66. The van der Waals surface area contributed by atoms with Gasteiger partial charge in [0.05, 0.1) is 17.6 Å². The molecule has 27 heavy (non-hydrogen) atoms. The summed E-state index contributed by atoms with van der Waals surface area (Å²) in [6.45, 7) is 5.16. The molecule has 146 valence electrons. The number of esters is 1. The highest BCUT2D eigenvalue weighted by Gasteiger charge is 2.51. The van der Waals surface area contributed by atoms with Gasteiger partial charge in [-0.2, -0.15) is 0 Å². The minimum absolute atomic E-state index is 0.172. The quantitative estimate of drug-likeness (QED) is 0.710. The van der Waals surface area contributed by atoms with Gasteiger partial charge in [0.2, 0.25) is 0 Å². The van der Waals surface area contributed by atoms with E-state index in [2.05, 4.69) is 10.2 Å². The molecule has 0 aliphatic heterocycles. The lowest BCUT2D eigenvalue weighted by Crippen LogP contribution is -2.50. The number of H-pyrrole nitrogens is 2. The maximum atomic E-state index is 12.9. The van der Waals surface area contributed by atoms with Crippen LogP contribution >= 0.6 is 0 Å². The molecule has 1 aliphatic carbocycles. The highest BCUT2D eigenvalue weighted by molar-refractivity contribution is 5.77. The van der Waals surface area contributed by atoms with Crippen LogP contribution in [0.4, 0.5) is 5.69 Å². The van der Waals surface area contributed by atoms with Crippen molar-refractivity contribution in [3.05, 3.63) is 51.4 Å². The number of nitrogens with zero attached hydrogens (tertiary/aromatic N) is 1. The Morgan fingerprint density at radius 2 is 1.89 bits per heavy atom. The van der Waals surface area contributed by atoms with Crippen molar-refractivity contribution in [3.8, 4) is 0 Å². The van der Waals surface area contributed by atoms with Crippen LogP contribution in [0, 0.1) is 5.92 Å². The van der Waals surface area contributed by atoms with Crippen molar-refractivity contribution < 1.29 is 14.6 Å². The lowest BCUT2D eigenvalue weighted by Gasteiger charge is -2.40. The normalized spacial score (nSPS) is 24.6. The largest absolute Gasteiger partial charge is 0.463 e. The molecule has 1 heterocycles. The van der Waals surface area contributed by atoms with E-state index < -0.39 is 23.4 Å². The number of carbonyl (C=O) groups is 1. The molecule has 0 fully saturated rings. The summed E-state index contributed by atoms with van der Waals surface area (Å²) in [5.74, 6) is -1.97. The van der Waals surface area contributed by atoms with Crippen molar-refractivity contribution in [2.75, 3.05) is 19.0 Å². The molecule has 0 unspecified atom stereocenters.